The van der Waals surface area contributed by atoms with Gasteiger partial charge in [-0.05, 0) is 30.2 Å². The van der Waals surface area contributed by atoms with E-state index < -0.39 is 18.5 Å². The standard InChI is InChI=1S/C14H15F3N2O/c1-2-11-8-10(4-3-7-18)5-6-12(11)19-13(20)9-14(15,16)17/h5-6,8H,2,7,9,18H2,1H3,(H,19,20). The minimum atomic E-state index is -4.51. The fraction of sp³-hybridized carbons (Fsp3) is 0.357. The first-order valence-corrected chi connectivity index (χ1v) is 6.04. The van der Waals surface area contributed by atoms with Crippen molar-refractivity contribution in [2.24, 2.45) is 5.73 Å². The lowest BCUT2D eigenvalue weighted by Crippen LogP contribution is -2.21. The summed E-state index contributed by atoms with van der Waals surface area (Å²) < 4.78 is 36.3. The normalized spacial score (nSPS) is 10.7. The Morgan fingerprint density at radius 3 is 2.65 bits per heavy atom. The van der Waals surface area contributed by atoms with Crippen molar-refractivity contribution in [3.63, 3.8) is 0 Å². The van der Waals surface area contributed by atoms with E-state index in [0.29, 0.717) is 17.7 Å². The van der Waals surface area contributed by atoms with E-state index in [1.165, 1.54) is 0 Å². The van der Waals surface area contributed by atoms with Gasteiger partial charge in [0.1, 0.15) is 6.42 Å². The summed E-state index contributed by atoms with van der Waals surface area (Å²) in [5.41, 5.74) is 7.07. The Hall–Kier alpha value is -2.00. The molecule has 0 saturated heterocycles. The molecule has 0 aliphatic carbocycles. The molecule has 0 aliphatic heterocycles. The van der Waals surface area contributed by atoms with Crippen molar-refractivity contribution in [1.82, 2.24) is 0 Å². The average Bonchev–Trinajstić information content (AvgIpc) is 2.35. The van der Waals surface area contributed by atoms with Crippen molar-refractivity contribution in [3.8, 4) is 11.8 Å². The highest BCUT2D eigenvalue weighted by Crippen LogP contribution is 2.22. The van der Waals surface area contributed by atoms with Crippen molar-refractivity contribution >= 4 is 11.6 Å². The summed E-state index contributed by atoms with van der Waals surface area (Å²) in [4.78, 5) is 11.3. The second-order valence-electron chi connectivity index (χ2n) is 4.07. The number of carbonyl (C=O) groups is 1. The maximum absolute atomic E-state index is 12.1. The van der Waals surface area contributed by atoms with E-state index in [1.807, 2.05) is 6.92 Å². The third kappa shape index (κ3) is 5.33. The highest BCUT2D eigenvalue weighted by atomic mass is 19.4. The van der Waals surface area contributed by atoms with Crippen LogP contribution in [0.2, 0.25) is 0 Å². The van der Waals surface area contributed by atoms with Crippen LogP contribution < -0.4 is 11.1 Å². The van der Waals surface area contributed by atoms with Crippen LogP contribution in [0.15, 0.2) is 18.2 Å². The first kappa shape index (κ1) is 16.1. The van der Waals surface area contributed by atoms with E-state index in [1.54, 1.807) is 18.2 Å². The van der Waals surface area contributed by atoms with Crippen molar-refractivity contribution in [2.75, 3.05) is 11.9 Å². The lowest BCUT2D eigenvalue weighted by Gasteiger charge is -2.11. The predicted octanol–water partition coefficient (Wildman–Crippen LogP) is 2.45. The van der Waals surface area contributed by atoms with E-state index >= 15 is 0 Å². The summed E-state index contributed by atoms with van der Waals surface area (Å²) in [6.45, 7) is 2.07. The smallest absolute Gasteiger partial charge is 0.326 e. The fourth-order valence-corrected chi connectivity index (χ4v) is 1.62. The SMILES string of the molecule is CCc1cc(C#CCN)ccc1NC(=O)CC(F)(F)F. The number of nitrogens with two attached hydrogens (primary N) is 1. The lowest BCUT2D eigenvalue weighted by atomic mass is 10.1. The molecule has 6 heteroatoms. The monoisotopic (exact) mass is 284 g/mol. The predicted molar refractivity (Wildman–Crippen MR) is 71.1 cm³/mol. The number of nitrogens with one attached hydrogen (secondary N) is 1. The molecule has 3 nitrogen and oxygen atoms in total. The van der Waals surface area contributed by atoms with E-state index in [2.05, 4.69) is 17.2 Å². The molecule has 0 fully saturated rings. The summed E-state index contributed by atoms with van der Waals surface area (Å²) in [5, 5.41) is 2.27. The molecule has 108 valence electrons. The van der Waals surface area contributed by atoms with Crippen LogP contribution in [-0.2, 0) is 11.2 Å². The molecule has 0 radical (unpaired) electrons. The molecule has 0 bridgehead atoms. The Balaban J connectivity index is 2.88. The van der Waals surface area contributed by atoms with Crippen LogP contribution in [-0.4, -0.2) is 18.6 Å². The second-order valence-corrected chi connectivity index (χ2v) is 4.07. The Morgan fingerprint density at radius 1 is 1.40 bits per heavy atom. The first-order valence-electron chi connectivity index (χ1n) is 6.04. The largest absolute Gasteiger partial charge is 0.397 e. The summed E-state index contributed by atoms with van der Waals surface area (Å²) in [6, 6.07) is 4.91. The van der Waals surface area contributed by atoms with Gasteiger partial charge in [0.15, 0.2) is 0 Å². The van der Waals surface area contributed by atoms with Gasteiger partial charge in [-0.1, -0.05) is 18.8 Å². The van der Waals surface area contributed by atoms with Crippen LogP contribution in [0.4, 0.5) is 18.9 Å². The second kappa shape index (κ2) is 6.96. The molecule has 1 aromatic rings. The van der Waals surface area contributed by atoms with Gasteiger partial charge in [-0.3, -0.25) is 4.79 Å². The lowest BCUT2D eigenvalue weighted by molar-refractivity contribution is -0.150. The molecule has 1 aromatic carbocycles. The van der Waals surface area contributed by atoms with Crippen LogP contribution in [0.5, 0.6) is 0 Å². The summed E-state index contributed by atoms with van der Waals surface area (Å²) in [5.74, 6) is 4.44. The van der Waals surface area contributed by atoms with Crippen molar-refractivity contribution < 1.29 is 18.0 Å². The number of aryl methyl sites for hydroxylation is 1. The molecule has 1 rings (SSSR count). The molecule has 0 aliphatic rings. The maximum Gasteiger partial charge on any atom is 0.397 e. The molecule has 20 heavy (non-hydrogen) atoms. The van der Waals surface area contributed by atoms with Gasteiger partial charge in [0.2, 0.25) is 5.91 Å². The Labute approximate surface area is 115 Å². The summed E-state index contributed by atoms with van der Waals surface area (Å²) in [7, 11) is 0. The molecule has 0 atom stereocenters. The van der Waals surface area contributed by atoms with Crippen LogP contribution in [0.25, 0.3) is 0 Å². The van der Waals surface area contributed by atoms with Crippen LogP contribution in [0, 0.1) is 11.8 Å². The highest BCUT2D eigenvalue weighted by molar-refractivity contribution is 5.92. The molecule has 0 spiro atoms. The van der Waals surface area contributed by atoms with Crippen LogP contribution in [0.3, 0.4) is 0 Å². The number of benzene rings is 1. The average molecular weight is 284 g/mol. The zero-order valence-electron chi connectivity index (χ0n) is 11.0. The van der Waals surface area contributed by atoms with Gasteiger partial charge in [0, 0.05) is 11.3 Å². The van der Waals surface area contributed by atoms with Gasteiger partial charge in [-0.2, -0.15) is 13.2 Å². The molecular weight excluding hydrogens is 269 g/mol. The highest BCUT2D eigenvalue weighted by Gasteiger charge is 2.31. The minimum absolute atomic E-state index is 0.228. The quantitative estimate of drug-likeness (QED) is 0.838. The molecule has 3 N–H and O–H groups in total. The van der Waals surface area contributed by atoms with Gasteiger partial charge >= 0.3 is 6.18 Å². The number of alkyl halides is 3. The number of carbonyl (C=O) groups excluding carboxylic acids is 1. The fourth-order valence-electron chi connectivity index (χ4n) is 1.62. The molecule has 1 amide bonds. The van der Waals surface area contributed by atoms with E-state index in [4.69, 9.17) is 5.73 Å². The maximum atomic E-state index is 12.1. The molecular formula is C14H15F3N2O. The topological polar surface area (TPSA) is 55.1 Å². The van der Waals surface area contributed by atoms with Gasteiger partial charge in [-0.15, -0.1) is 0 Å². The summed E-state index contributed by atoms with van der Waals surface area (Å²) in [6.07, 6.45) is -5.44. The number of anilines is 1. The van der Waals surface area contributed by atoms with Crippen molar-refractivity contribution in [1.29, 1.82) is 0 Å². The number of amides is 1. The van der Waals surface area contributed by atoms with Gasteiger partial charge in [0.05, 0.1) is 6.54 Å². The molecule has 0 heterocycles. The van der Waals surface area contributed by atoms with Gasteiger partial charge in [-0.25, -0.2) is 0 Å². The zero-order chi connectivity index (χ0) is 15.2. The minimum Gasteiger partial charge on any atom is -0.326 e. The van der Waals surface area contributed by atoms with Crippen LogP contribution >= 0.6 is 0 Å². The summed E-state index contributed by atoms with van der Waals surface area (Å²) >= 11 is 0. The Kier molecular flexibility index (Phi) is 5.59. The Morgan fingerprint density at radius 2 is 2.10 bits per heavy atom. The molecule has 0 saturated carbocycles. The Bertz CT molecular complexity index is 542. The third-order valence-electron chi connectivity index (χ3n) is 2.46. The number of hydrogen-bond donors (Lipinski definition) is 2. The van der Waals surface area contributed by atoms with Gasteiger partial charge in [0.25, 0.3) is 0 Å². The van der Waals surface area contributed by atoms with Crippen molar-refractivity contribution in [3.05, 3.63) is 29.3 Å². The molecule has 0 aromatic heterocycles. The van der Waals surface area contributed by atoms with Crippen molar-refractivity contribution in [2.45, 2.75) is 25.9 Å². The number of hydrogen-bond acceptors (Lipinski definition) is 2. The first-order chi connectivity index (χ1) is 9.35. The molecule has 0 unspecified atom stereocenters. The van der Waals surface area contributed by atoms with E-state index in [0.717, 1.165) is 5.56 Å². The number of halogens is 3. The zero-order valence-corrected chi connectivity index (χ0v) is 11.0. The van der Waals surface area contributed by atoms with E-state index in [-0.39, 0.29) is 6.54 Å². The third-order valence-corrected chi connectivity index (χ3v) is 2.46. The van der Waals surface area contributed by atoms with E-state index in [9.17, 15) is 18.0 Å². The van der Waals surface area contributed by atoms with Gasteiger partial charge < -0.3 is 11.1 Å². The number of rotatable bonds is 3. The van der Waals surface area contributed by atoms with Crippen LogP contribution in [0.1, 0.15) is 24.5 Å².